The highest BCUT2D eigenvalue weighted by atomic mass is 16.2. The van der Waals surface area contributed by atoms with Gasteiger partial charge < -0.3 is 15.5 Å². The first-order chi connectivity index (χ1) is 11.7. The lowest BCUT2D eigenvalue weighted by Crippen LogP contribution is -2.56. The molecule has 0 saturated carbocycles. The minimum absolute atomic E-state index is 0.00256. The zero-order valence-corrected chi connectivity index (χ0v) is 13.9. The van der Waals surface area contributed by atoms with Crippen molar-refractivity contribution in [3.8, 4) is 0 Å². The van der Waals surface area contributed by atoms with Crippen LogP contribution < -0.4 is 10.6 Å². The van der Waals surface area contributed by atoms with Gasteiger partial charge in [-0.3, -0.25) is 9.59 Å². The standard InChI is InChI=1S/C19H25N3O2/c23-18(13-5-2-1-3-6-13)21-14-11-15-8-9-16(12-14)22(15)19(24)17-7-4-10-20-17/h1-3,5-6,14-17,20H,4,7-12H2,(H,21,23)/t14?,15-,16+,17-/m1/s1. The van der Waals surface area contributed by atoms with Crippen LogP contribution in [-0.2, 0) is 4.79 Å². The lowest BCUT2D eigenvalue weighted by molar-refractivity contribution is -0.137. The number of amides is 2. The molecule has 3 heterocycles. The SMILES string of the molecule is O=C(NC1C[C@H]2CC[C@@H](C1)N2C(=O)[C@H]1CCCN1)c1ccccc1. The van der Waals surface area contributed by atoms with Gasteiger partial charge in [0.15, 0.2) is 0 Å². The van der Waals surface area contributed by atoms with Gasteiger partial charge in [-0.2, -0.15) is 0 Å². The van der Waals surface area contributed by atoms with Crippen molar-refractivity contribution >= 4 is 11.8 Å². The van der Waals surface area contributed by atoms with Crippen LogP contribution in [0.1, 0.15) is 48.9 Å². The van der Waals surface area contributed by atoms with Crippen molar-refractivity contribution in [1.29, 1.82) is 0 Å². The zero-order chi connectivity index (χ0) is 16.5. The number of nitrogens with zero attached hydrogens (tertiary/aromatic N) is 1. The Hall–Kier alpha value is -1.88. The summed E-state index contributed by atoms with van der Waals surface area (Å²) in [5.74, 6) is 0.282. The summed E-state index contributed by atoms with van der Waals surface area (Å²) >= 11 is 0. The Morgan fingerprint density at radius 1 is 1.04 bits per heavy atom. The van der Waals surface area contributed by atoms with Crippen LogP contribution >= 0.6 is 0 Å². The average molecular weight is 327 g/mol. The first-order valence-corrected chi connectivity index (χ1v) is 9.14. The van der Waals surface area contributed by atoms with Gasteiger partial charge in [0.05, 0.1) is 6.04 Å². The number of carbonyl (C=O) groups excluding carboxylic acids is 2. The second-order valence-corrected chi connectivity index (χ2v) is 7.29. The molecular formula is C19H25N3O2. The molecular weight excluding hydrogens is 302 g/mol. The summed E-state index contributed by atoms with van der Waals surface area (Å²) in [7, 11) is 0. The van der Waals surface area contributed by atoms with Crippen LogP contribution in [-0.4, -0.2) is 47.4 Å². The van der Waals surface area contributed by atoms with Crippen LogP contribution in [0, 0.1) is 0 Å². The van der Waals surface area contributed by atoms with Gasteiger partial charge in [0.25, 0.3) is 5.91 Å². The van der Waals surface area contributed by atoms with E-state index in [1.54, 1.807) is 0 Å². The summed E-state index contributed by atoms with van der Waals surface area (Å²) in [5, 5.41) is 6.50. The quantitative estimate of drug-likeness (QED) is 0.888. The lowest BCUT2D eigenvalue weighted by atomic mass is 9.95. The summed E-state index contributed by atoms with van der Waals surface area (Å²) in [5.41, 5.74) is 0.707. The topological polar surface area (TPSA) is 61.4 Å². The molecule has 2 bridgehead atoms. The van der Waals surface area contributed by atoms with Crippen LogP contribution in [0.2, 0.25) is 0 Å². The molecule has 1 aromatic rings. The fourth-order valence-electron chi connectivity index (χ4n) is 4.59. The van der Waals surface area contributed by atoms with E-state index in [1.165, 1.54) is 0 Å². The van der Waals surface area contributed by atoms with E-state index in [0.29, 0.717) is 17.6 Å². The highest BCUT2D eigenvalue weighted by Crippen LogP contribution is 2.36. The normalized spacial score (nSPS) is 31.9. The van der Waals surface area contributed by atoms with E-state index in [-0.39, 0.29) is 23.9 Å². The first kappa shape index (κ1) is 15.6. The van der Waals surface area contributed by atoms with Crippen molar-refractivity contribution in [2.24, 2.45) is 0 Å². The maximum Gasteiger partial charge on any atom is 0.251 e. The van der Waals surface area contributed by atoms with Crippen LogP contribution in [0.4, 0.5) is 0 Å². The van der Waals surface area contributed by atoms with Gasteiger partial charge in [-0.15, -0.1) is 0 Å². The maximum atomic E-state index is 12.8. The molecule has 128 valence electrons. The Bertz CT molecular complexity index is 598. The number of fused-ring (bicyclic) bond motifs is 2. The van der Waals surface area contributed by atoms with Crippen molar-refractivity contribution in [2.75, 3.05) is 6.54 Å². The molecule has 3 saturated heterocycles. The summed E-state index contributed by atoms with van der Waals surface area (Å²) in [6, 6.07) is 10.1. The lowest BCUT2D eigenvalue weighted by Gasteiger charge is -2.40. The van der Waals surface area contributed by atoms with Gasteiger partial charge in [0.1, 0.15) is 0 Å². The van der Waals surface area contributed by atoms with Gasteiger partial charge in [0.2, 0.25) is 5.91 Å². The summed E-state index contributed by atoms with van der Waals surface area (Å²) in [6.45, 7) is 0.954. The molecule has 0 aliphatic carbocycles. The second-order valence-electron chi connectivity index (χ2n) is 7.29. The molecule has 3 aliphatic heterocycles. The molecule has 5 nitrogen and oxygen atoms in total. The number of hydrogen-bond acceptors (Lipinski definition) is 3. The molecule has 4 atom stereocenters. The first-order valence-electron chi connectivity index (χ1n) is 9.14. The van der Waals surface area contributed by atoms with E-state index in [2.05, 4.69) is 15.5 Å². The van der Waals surface area contributed by atoms with Crippen LogP contribution in [0.25, 0.3) is 0 Å². The number of hydrogen-bond donors (Lipinski definition) is 2. The van der Waals surface area contributed by atoms with Crippen molar-refractivity contribution in [3.05, 3.63) is 35.9 Å². The fourth-order valence-corrected chi connectivity index (χ4v) is 4.59. The highest BCUT2D eigenvalue weighted by Gasteiger charge is 2.45. The molecule has 1 unspecified atom stereocenters. The Balaban J connectivity index is 1.39. The third-order valence-electron chi connectivity index (χ3n) is 5.72. The molecule has 0 spiro atoms. The van der Waals surface area contributed by atoms with Crippen LogP contribution in [0.3, 0.4) is 0 Å². The number of carbonyl (C=O) groups is 2. The third kappa shape index (κ3) is 2.93. The van der Waals surface area contributed by atoms with Crippen LogP contribution in [0.15, 0.2) is 30.3 Å². The van der Waals surface area contributed by atoms with Crippen molar-refractivity contribution in [1.82, 2.24) is 15.5 Å². The third-order valence-corrected chi connectivity index (χ3v) is 5.72. The molecule has 24 heavy (non-hydrogen) atoms. The Morgan fingerprint density at radius 2 is 1.75 bits per heavy atom. The maximum absolute atomic E-state index is 12.8. The minimum atomic E-state index is -0.00256. The zero-order valence-electron chi connectivity index (χ0n) is 13.9. The largest absolute Gasteiger partial charge is 0.349 e. The van der Waals surface area contributed by atoms with E-state index in [9.17, 15) is 9.59 Å². The Kier molecular flexibility index (Phi) is 4.27. The van der Waals surface area contributed by atoms with Crippen LogP contribution in [0.5, 0.6) is 0 Å². The van der Waals surface area contributed by atoms with Gasteiger partial charge in [-0.1, -0.05) is 18.2 Å². The average Bonchev–Trinajstić information content (AvgIpc) is 3.22. The predicted octanol–water partition coefficient (Wildman–Crippen LogP) is 1.69. The van der Waals surface area contributed by atoms with Gasteiger partial charge in [-0.05, 0) is 57.2 Å². The molecule has 5 heteroatoms. The molecule has 0 radical (unpaired) electrons. The number of rotatable bonds is 3. The second kappa shape index (κ2) is 6.55. The summed E-state index contributed by atoms with van der Waals surface area (Å²) < 4.78 is 0. The molecule has 4 rings (SSSR count). The molecule has 2 amide bonds. The molecule has 3 fully saturated rings. The molecule has 2 N–H and O–H groups in total. The van der Waals surface area contributed by atoms with Gasteiger partial charge in [0, 0.05) is 23.7 Å². The number of benzene rings is 1. The van der Waals surface area contributed by atoms with Crippen molar-refractivity contribution in [3.63, 3.8) is 0 Å². The van der Waals surface area contributed by atoms with Crippen molar-refractivity contribution in [2.45, 2.75) is 62.7 Å². The van der Waals surface area contributed by atoms with E-state index >= 15 is 0 Å². The number of piperidine rings is 1. The van der Waals surface area contributed by atoms with Gasteiger partial charge in [-0.25, -0.2) is 0 Å². The molecule has 0 aromatic heterocycles. The predicted molar refractivity (Wildman–Crippen MR) is 91.6 cm³/mol. The number of nitrogens with one attached hydrogen (secondary N) is 2. The van der Waals surface area contributed by atoms with Gasteiger partial charge >= 0.3 is 0 Å². The smallest absolute Gasteiger partial charge is 0.251 e. The van der Waals surface area contributed by atoms with E-state index in [0.717, 1.165) is 45.1 Å². The Morgan fingerprint density at radius 3 is 2.38 bits per heavy atom. The minimum Gasteiger partial charge on any atom is -0.349 e. The van der Waals surface area contributed by atoms with Crippen molar-refractivity contribution < 1.29 is 9.59 Å². The molecule has 1 aromatic carbocycles. The fraction of sp³-hybridized carbons (Fsp3) is 0.579. The van der Waals surface area contributed by atoms with E-state index in [4.69, 9.17) is 0 Å². The summed E-state index contributed by atoms with van der Waals surface area (Å²) in [4.78, 5) is 27.3. The van der Waals surface area contributed by atoms with E-state index < -0.39 is 0 Å². The van der Waals surface area contributed by atoms with E-state index in [1.807, 2.05) is 30.3 Å². The Labute approximate surface area is 142 Å². The molecule has 3 aliphatic rings. The summed E-state index contributed by atoms with van der Waals surface area (Å²) in [6.07, 6.45) is 5.96. The highest BCUT2D eigenvalue weighted by molar-refractivity contribution is 5.94. The monoisotopic (exact) mass is 327 g/mol.